The second-order valence-corrected chi connectivity index (χ2v) is 5.96. The lowest BCUT2D eigenvalue weighted by atomic mass is 10.1. The molecule has 2 N–H and O–H groups in total. The number of halogens is 1. The van der Waals surface area contributed by atoms with Crippen LogP contribution in [-0.2, 0) is 0 Å². The maximum Gasteiger partial charge on any atom is 0.191 e. The predicted octanol–water partition coefficient (Wildman–Crippen LogP) is 4.47. The molecular weight excluding hydrogens is 346 g/mol. The van der Waals surface area contributed by atoms with E-state index in [1.807, 2.05) is 62.4 Å². The molecular formula is C16H16BrN3S. The maximum absolute atomic E-state index is 5.22. The van der Waals surface area contributed by atoms with Crippen LogP contribution in [0.1, 0.15) is 18.1 Å². The maximum atomic E-state index is 5.22. The van der Waals surface area contributed by atoms with Gasteiger partial charge in [-0.15, -0.1) is 0 Å². The zero-order valence-electron chi connectivity index (χ0n) is 11.9. The van der Waals surface area contributed by atoms with Crippen molar-refractivity contribution in [1.29, 1.82) is 0 Å². The Morgan fingerprint density at radius 1 is 1.05 bits per heavy atom. The van der Waals surface area contributed by atoms with Crippen molar-refractivity contribution in [3.8, 4) is 0 Å². The number of rotatable bonds is 3. The van der Waals surface area contributed by atoms with Crippen LogP contribution in [0.15, 0.2) is 58.1 Å². The van der Waals surface area contributed by atoms with Gasteiger partial charge in [0.2, 0.25) is 0 Å². The first kappa shape index (κ1) is 15.7. The van der Waals surface area contributed by atoms with Crippen molar-refractivity contribution in [1.82, 2.24) is 5.43 Å². The van der Waals surface area contributed by atoms with Crippen LogP contribution in [0.25, 0.3) is 0 Å². The van der Waals surface area contributed by atoms with Crippen LogP contribution in [0.2, 0.25) is 0 Å². The lowest BCUT2D eigenvalue weighted by Gasteiger charge is -2.08. The zero-order valence-corrected chi connectivity index (χ0v) is 14.3. The first-order valence-electron chi connectivity index (χ1n) is 6.48. The molecule has 5 heteroatoms. The summed E-state index contributed by atoms with van der Waals surface area (Å²) < 4.78 is 1.04. The van der Waals surface area contributed by atoms with E-state index < -0.39 is 0 Å². The number of nitrogens with one attached hydrogen (secondary N) is 2. The lowest BCUT2D eigenvalue weighted by Crippen LogP contribution is -2.24. The highest BCUT2D eigenvalue weighted by atomic mass is 79.9. The third-order valence-electron chi connectivity index (χ3n) is 2.90. The lowest BCUT2D eigenvalue weighted by molar-refractivity contribution is 1.04. The molecule has 0 aliphatic carbocycles. The van der Waals surface area contributed by atoms with E-state index in [2.05, 4.69) is 31.8 Å². The third-order valence-corrected chi connectivity index (χ3v) is 3.62. The average molecular weight is 362 g/mol. The van der Waals surface area contributed by atoms with Gasteiger partial charge in [0.25, 0.3) is 0 Å². The number of hydrazone groups is 1. The third kappa shape index (κ3) is 4.95. The van der Waals surface area contributed by atoms with Crippen LogP contribution >= 0.6 is 28.1 Å². The standard InChI is InChI=1S/C16H16BrN3S/c1-11-3-9-15(10-4-11)18-16(21)20-19-12(2)13-5-7-14(17)8-6-13/h3-10H,1-2H3,(H2,18,20,21)/b19-12-. The van der Waals surface area contributed by atoms with Crippen molar-refractivity contribution >= 4 is 44.7 Å². The smallest absolute Gasteiger partial charge is 0.191 e. The molecule has 0 aliphatic heterocycles. The van der Waals surface area contributed by atoms with E-state index in [9.17, 15) is 0 Å². The topological polar surface area (TPSA) is 36.4 Å². The Kier molecular flexibility index (Phi) is 5.47. The molecule has 0 unspecified atom stereocenters. The number of nitrogens with zero attached hydrogens (tertiary/aromatic N) is 1. The number of aryl methyl sites for hydroxylation is 1. The molecule has 0 saturated carbocycles. The van der Waals surface area contributed by atoms with Crippen molar-refractivity contribution in [3.63, 3.8) is 0 Å². The first-order chi connectivity index (χ1) is 10.0. The summed E-state index contributed by atoms with van der Waals surface area (Å²) in [6.07, 6.45) is 0. The molecule has 21 heavy (non-hydrogen) atoms. The van der Waals surface area contributed by atoms with Gasteiger partial charge >= 0.3 is 0 Å². The fourth-order valence-electron chi connectivity index (χ4n) is 1.69. The fourth-order valence-corrected chi connectivity index (χ4v) is 2.11. The summed E-state index contributed by atoms with van der Waals surface area (Å²) >= 11 is 8.63. The fraction of sp³-hybridized carbons (Fsp3) is 0.125. The molecule has 2 aromatic carbocycles. The van der Waals surface area contributed by atoms with Gasteiger partial charge in [-0.3, -0.25) is 5.43 Å². The molecule has 0 aromatic heterocycles. The normalized spacial score (nSPS) is 11.1. The molecule has 0 atom stereocenters. The van der Waals surface area contributed by atoms with Crippen LogP contribution in [0.4, 0.5) is 5.69 Å². The molecule has 108 valence electrons. The van der Waals surface area contributed by atoms with E-state index in [4.69, 9.17) is 12.2 Å². The SMILES string of the molecule is C/C(=N/NC(=S)Nc1ccc(C)cc1)c1ccc(Br)cc1. The van der Waals surface area contributed by atoms with E-state index in [1.165, 1.54) is 5.56 Å². The Hall–Kier alpha value is -1.72. The summed E-state index contributed by atoms with van der Waals surface area (Å²) in [5, 5.41) is 7.84. The summed E-state index contributed by atoms with van der Waals surface area (Å²) in [5.41, 5.74) is 6.92. The van der Waals surface area contributed by atoms with Crippen molar-refractivity contribution < 1.29 is 0 Å². The van der Waals surface area contributed by atoms with E-state index in [-0.39, 0.29) is 0 Å². The molecule has 2 aromatic rings. The number of benzene rings is 2. The van der Waals surface area contributed by atoms with Crippen LogP contribution in [-0.4, -0.2) is 10.8 Å². The molecule has 0 spiro atoms. The van der Waals surface area contributed by atoms with Gasteiger partial charge in [-0.2, -0.15) is 5.10 Å². The van der Waals surface area contributed by atoms with E-state index in [1.54, 1.807) is 0 Å². The summed E-state index contributed by atoms with van der Waals surface area (Å²) in [7, 11) is 0. The van der Waals surface area contributed by atoms with Crippen LogP contribution in [0.5, 0.6) is 0 Å². The molecule has 0 fully saturated rings. The number of hydrogen-bond donors (Lipinski definition) is 2. The van der Waals surface area contributed by atoms with Gasteiger partial charge in [0.05, 0.1) is 5.71 Å². The first-order valence-corrected chi connectivity index (χ1v) is 7.68. The summed E-state index contributed by atoms with van der Waals surface area (Å²) in [6, 6.07) is 16.0. The molecule has 3 nitrogen and oxygen atoms in total. The Bertz CT molecular complexity index is 648. The molecule has 0 aliphatic rings. The van der Waals surface area contributed by atoms with Gasteiger partial charge in [-0.25, -0.2) is 0 Å². The molecule has 0 saturated heterocycles. The minimum absolute atomic E-state index is 0.468. The van der Waals surface area contributed by atoms with E-state index >= 15 is 0 Å². The summed E-state index contributed by atoms with van der Waals surface area (Å²) in [6.45, 7) is 3.98. The van der Waals surface area contributed by atoms with E-state index in [0.29, 0.717) is 5.11 Å². The average Bonchev–Trinajstić information content (AvgIpc) is 2.48. The van der Waals surface area contributed by atoms with Gasteiger partial charge in [-0.05, 0) is 55.9 Å². The number of hydrogen-bond acceptors (Lipinski definition) is 2. The van der Waals surface area contributed by atoms with Gasteiger partial charge in [-0.1, -0.05) is 45.8 Å². The minimum Gasteiger partial charge on any atom is -0.331 e. The van der Waals surface area contributed by atoms with Crippen LogP contribution in [0, 0.1) is 6.92 Å². The quantitative estimate of drug-likeness (QED) is 0.481. The van der Waals surface area contributed by atoms with Crippen molar-refractivity contribution in [2.24, 2.45) is 5.10 Å². The second kappa shape index (κ2) is 7.33. The van der Waals surface area contributed by atoms with Gasteiger partial charge in [0, 0.05) is 10.2 Å². The van der Waals surface area contributed by atoms with Crippen molar-refractivity contribution in [2.75, 3.05) is 5.32 Å². The van der Waals surface area contributed by atoms with Crippen LogP contribution < -0.4 is 10.7 Å². The molecule has 0 radical (unpaired) electrons. The van der Waals surface area contributed by atoms with Crippen molar-refractivity contribution in [3.05, 3.63) is 64.1 Å². The second-order valence-electron chi connectivity index (χ2n) is 4.64. The monoisotopic (exact) mass is 361 g/mol. The van der Waals surface area contributed by atoms with E-state index in [0.717, 1.165) is 21.4 Å². The highest BCUT2D eigenvalue weighted by molar-refractivity contribution is 9.10. The Balaban J connectivity index is 1.94. The minimum atomic E-state index is 0.468. The molecule has 0 heterocycles. The van der Waals surface area contributed by atoms with Crippen molar-refractivity contribution in [2.45, 2.75) is 13.8 Å². The van der Waals surface area contributed by atoms with Gasteiger partial charge in [0.1, 0.15) is 0 Å². The van der Waals surface area contributed by atoms with Gasteiger partial charge in [0.15, 0.2) is 5.11 Å². The molecule has 0 bridgehead atoms. The summed E-state index contributed by atoms with van der Waals surface area (Å²) in [5.74, 6) is 0. The number of anilines is 1. The summed E-state index contributed by atoms with van der Waals surface area (Å²) in [4.78, 5) is 0. The molecule has 2 rings (SSSR count). The highest BCUT2D eigenvalue weighted by Crippen LogP contribution is 2.11. The Morgan fingerprint density at radius 2 is 1.67 bits per heavy atom. The Morgan fingerprint density at radius 3 is 2.29 bits per heavy atom. The predicted molar refractivity (Wildman–Crippen MR) is 96.9 cm³/mol. The van der Waals surface area contributed by atoms with Crippen LogP contribution in [0.3, 0.4) is 0 Å². The number of thiocarbonyl (C=S) groups is 1. The Labute approximate surface area is 138 Å². The zero-order chi connectivity index (χ0) is 15.2. The highest BCUT2D eigenvalue weighted by Gasteiger charge is 1.99. The largest absolute Gasteiger partial charge is 0.331 e. The molecule has 0 amide bonds. The van der Waals surface area contributed by atoms with Gasteiger partial charge < -0.3 is 5.32 Å².